The van der Waals surface area contributed by atoms with Crippen molar-refractivity contribution in [3.8, 4) is 16.9 Å². The number of ether oxygens (including phenoxy) is 1. The van der Waals surface area contributed by atoms with Crippen molar-refractivity contribution >= 4 is 22.8 Å². The van der Waals surface area contributed by atoms with Gasteiger partial charge < -0.3 is 14.4 Å². The lowest BCUT2D eigenvalue weighted by Crippen LogP contribution is -2.09. The number of para-hydroxylation sites is 1. The highest BCUT2D eigenvalue weighted by Crippen LogP contribution is 2.36. The predicted octanol–water partition coefficient (Wildman–Crippen LogP) is 4.97. The predicted molar refractivity (Wildman–Crippen MR) is 117 cm³/mol. The summed E-state index contributed by atoms with van der Waals surface area (Å²) in [4.78, 5) is 35.2. The SMILES string of the molecule is COc1cccc(Cn2c(C(=O)N=O)c(-c3ccc(C(=O)O)cc3)c3ccccc32)c1. The fraction of sp³-hybridized carbons (Fsp3) is 0.0833. The Morgan fingerprint density at radius 3 is 2.42 bits per heavy atom. The second-order valence-electron chi connectivity index (χ2n) is 6.96. The standard InChI is InChI=1S/C24H18N2O5/c1-31-18-6-4-5-15(13-18)14-26-20-8-3-2-7-19(20)21(22(26)23(27)25-30)16-9-11-17(12-10-16)24(28)29/h2-13H,14H2,1H3,(H,28,29). The zero-order valence-corrected chi connectivity index (χ0v) is 16.6. The van der Waals surface area contributed by atoms with Crippen LogP contribution in [0.5, 0.6) is 5.75 Å². The van der Waals surface area contributed by atoms with Crippen molar-refractivity contribution in [2.45, 2.75) is 6.54 Å². The van der Waals surface area contributed by atoms with E-state index >= 15 is 0 Å². The van der Waals surface area contributed by atoms with E-state index in [1.165, 1.54) is 12.1 Å². The molecule has 0 aliphatic carbocycles. The summed E-state index contributed by atoms with van der Waals surface area (Å²) >= 11 is 0. The van der Waals surface area contributed by atoms with Crippen LogP contribution < -0.4 is 4.74 Å². The average Bonchev–Trinajstić information content (AvgIpc) is 3.13. The minimum Gasteiger partial charge on any atom is -0.497 e. The number of nitrogens with zero attached hydrogens (tertiary/aromatic N) is 2. The van der Waals surface area contributed by atoms with Crippen molar-refractivity contribution in [2.75, 3.05) is 7.11 Å². The second-order valence-corrected chi connectivity index (χ2v) is 6.96. The molecule has 1 amide bonds. The van der Waals surface area contributed by atoms with Crippen LogP contribution in [0.15, 0.2) is 78.0 Å². The van der Waals surface area contributed by atoms with Crippen LogP contribution in [0.25, 0.3) is 22.0 Å². The minimum atomic E-state index is -1.04. The number of fused-ring (bicyclic) bond motifs is 1. The number of rotatable bonds is 6. The maximum atomic E-state index is 12.7. The van der Waals surface area contributed by atoms with Gasteiger partial charge in [-0.05, 0) is 41.5 Å². The molecule has 7 heteroatoms. The summed E-state index contributed by atoms with van der Waals surface area (Å²) in [5.74, 6) is -1.26. The van der Waals surface area contributed by atoms with Gasteiger partial charge in [0.25, 0.3) is 0 Å². The second kappa shape index (κ2) is 8.23. The summed E-state index contributed by atoms with van der Waals surface area (Å²) in [6.45, 7) is 0.321. The molecule has 0 radical (unpaired) electrons. The maximum Gasteiger partial charge on any atom is 0.335 e. The number of benzene rings is 3. The molecule has 4 aromatic rings. The van der Waals surface area contributed by atoms with E-state index in [4.69, 9.17) is 4.74 Å². The van der Waals surface area contributed by atoms with Gasteiger partial charge in [0.15, 0.2) is 0 Å². The van der Waals surface area contributed by atoms with Crippen LogP contribution in [0.4, 0.5) is 0 Å². The molecule has 1 aromatic heterocycles. The van der Waals surface area contributed by atoms with Gasteiger partial charge in [0.05, 0.1) is 12.7 Å². The molecular formula is C24H18N2O5. The summed E-state index contributed by atoms with van der Waals surface area (Å²) in [7, 11) is 1.58. The van der Waals surface area contributed by atoms with Crippen molar-refractivity contribution in [1.82, 2.24) is 4.57 Å². The van der Waals surface area contributed by atoms with Crippen molar-refractivity contribution in [2.24, 2.45) is 5.18 Å². The third kappa shape index (κ3) is 3.69. The monoisotopic (exact) mass is 414 g/mol. The summed E-state index contributed by atoms with van der Waals surface area (Å²) in [5.41, 5.74) is 3.09. The molecule has 7 nitrogen and oxygen atoms in total. The number of carbonyl (C=O) groups is 2. The molecule has 4 rings (SSSR count). The molecule has 31 heavy (non-hydrogen) atoms. The molecule has 1 heterocycles. The quantitative estimate of drug-likeness (QED) is 0.449. The first-order valence-electron chi connectivity index (χ1n) is 9.49. The number of aromatic nitrogens is 1. The number of hydrogen-bond acceptors (Lipinski definition) is 4. The smallest absolute Gasteiger partial charge is 0.335 e. The number of carboxylic acids is 1. The van der Waals surface area contributed by atoms with Crippen LogP contribution in [-0.4, -0.2) is 28.7 Å². The molecule has 0 aliphatic rings. The maximum absolute atomic E-state index is 12.7. The van der Waals surface area contributed by atoms with Crippen molar-refractivity contribution in [3.05, 3.63) is 94.5 Å². The van der Waals surface area contributed by atoms with Gasteiger partial charge in [0, 0.05) is 28.2 Å². The molecule has 0 bridgehead atoms. The van der Waals surface area contributed by atoms with Crippen LogP contribution in [0.1, 0.15) is 26.4 Å². The lowest BCUT2D eigenvalue weighted by Gasteiger charge is -2.11. The van der Waals surface area contributed by atoms with E-state index in [1.807, 2.05) is 48.5 Å². The summed E-state index contributed by atoms with van der Waals surface area (Å²) in [6.07, 6.45) is 0. The third-order valence-corrected chi connectivity index (χ3v) is 5.15. The van der Waals surface area contributed by atoms with Crippen LogP contribution in [0, 0.1) is 4.91 Å². The molecule has 0 atom stereocenters. The Labute approximate surface area is 177 Å². The highest BCUT2D eigenvalue weighted by molar-refractivity contribution is 6.10. The molecule has 0 unspecified atom stereocenters. The van der Waals surface area contributed by atoms with Gasteiger partial charge in [-0.2, -0.15) is 0 Å². The number of nitroso groups, excluding NO2 is 1. The van der Waals surface area contributed by atoms with E-state index in [9.17, 15) is 19.6 Å². The normalized spacial score (nSPS) is 10.7. The lowest BCUT2D eigenvalue weighted by molar-refractivity contribution is 0.0696. The van der Waals surface area contributed by atoms with E-state index in [-0.39, 0.29) is 11.3 Å². The number of hydrogen-bond donors (Lipinski definition) is 1. The third-order valence-electron chi connectivity index (χ3n) is 5.15. The van der Waals surface area contributed by atoms with Crippen molar-refractivity contribution in [1.29, 1.82) is 0 Å². The minimum absolute atomic E-state index is 0.130. The van der Waals surface area contributed by atoms with Gasteiger partial charge in [0.2, 0.25) is 0 Å². The summed E-state index contributed by atoms with van der Waals surface area (Å²) in [5, 5.41) is 12.6. The summed E-state index contributed by atoms with van der Waals surface area (Å²) in [6, 6.07) is 21.1. The topological polar surface area (TPSA) is 98.0 Å². The molecule has 0 saturated heterocycles. The molecule has 3 aromatic carbocycles. The van der Waals surface area contributed by atoms with Gasteiger partial charge in [-0.3, -0.25) is 4.79 Å². The number of methoxy groups -OCH3 is 1. The first-order valence-corrected chi connectivity index (χ1v) is 9.49. The van der Waals surface area contributed by atoms with E-state index in [1.54, 1.807) is 23.8 Å². The Hall–Kier alpha value is -4.26. The highest BCUT2D eigenvalue weighted by atomic mass is 16.5. The number of amides is 1. The molecule has 0 spiro atoms. The Morgan fingerprint density at radius 1 is 1.00 bits per heavy atom. The van der Waals surface area contributed by atoms with Gasteiger partial charge in [0.1, 0.15) is 11.4 Å². The Morgan fingerprint density at radius 2 is 1.74 bits per heavy atom. The van der Waals surface area contributed by atoms with Crippen LogP contribution in [-0.2, 0) is 6.54 Å². The first-order chi connectivity index (χ1) is 15.0. The highest BCUT2D eigenvalue weighted by Gasteiger charge is 2.24. The summed E-state index contributed by atoms with van der Waals surface area (Å²) < 4.78 is 7.05. The Kier molecular flexibility index (Phi) is 5.32. The molecule has 0 fully saturated rings. The Bertz CT molecular complexity index is 1310. The van der Waals surface area contributed by atoms with E-state index in [0.717, 1.165) is 16.5 Å². The fourth-order valence-corrected chi connectivity index (χ4v) is 3.76. The van der Waals surface area contributed by atoms with E-state index in [0.29, 0.717) is 23.4 Å². The van der Waals surface area contributed by atoms with Gasteiger partial charge in [-0.25, -0.2) is 4.79 Å². The number of carbonyl (C=O) groups excluding carboxylic acids is 1. The number of carboxylic acid groups (broad SMARTS) is 1. The largest absolute Gasteiger partial charge is 0.497 e. The molecular weight excluding hydrogens is 396 g/mol. The van der Waals surface area contributed by atoms with E-state index < -0.39 is 11.9 Å². The fourth-order valence-electron chi connectivity index (χ4n) is 3.76. The van der Waals surface area contributed by atoms with Crippen LogP contribution in [0.2, 0.25) is 0 Å². The van der Waals surface area contributed by atoms with Gasteiger partial charge >= 0.3 is 11.9 Å². The lowest BCUT2D eigenvalue weighted by atomic mass is 10.00. The molecule has 1 N–H and O–H groups in total. The number of aromatic carboxylic acids is 1. The van der Waals surface area contributed by atoms with Crippen molar-refractivity contribution < 1.29 is 19.4 Å². The zero-order chi connectivity index (χ0) is 22.0. The van der Waals surface area contributed by atoms with Crippen LogP contribution >= 0.6 is 0 Å². The van der Waals surface area contributed by atoms with E-state index in [2.05, 4.69) is 5.18 Å². The molecule has 0 aliphatic heterocycles. The molecule has 154 valence electrons. The zero-order valence-electron chi connectivity index (χ0n) is 16.6. The van der Waals surface area contributed by atoms with Crippen LogP contribution in [0.3, 0.4) is 0 Å². The van der Waals surface area contributed by atoms with Crippen molar-refractivity contribution in [3.63, 3.8) is 0 Å². The Balaban J connectivity index is 1.96. The first kappa shape index (κ1) is 20.0. The van der Waals surface area contributed by atoms with Gasteiger partial charge in [-0.1, -0.05) is 42.5 Å². The molecule has 0 saturated carbocycles. The average molecular weight is 414 g/mol. The van der Waals surface area contributed by atoms with Gasteiger partial charge in [-0.15, -0.1) is 4.91 Å².